The zero-order valence-corrected chi connectivity index (χ0v) is 12.1. The molecule has 1 N–H and O–H groups in total. The fourth-order valence-electron chi connectivity index (χ4n) is 2.26. The quantitative estimate of drug-likeness (QED) is 0.804. The molecule has 2 aromatic rings. The fourth-order valence-corrected chi connectivity index (χ4v) is 2.26. The van der Waals surface area contributed by atoms with E-state index in [0.717, 1.165) is 30.9 Å². The molecular formula is C14H22FN5. The van der Waals surface area contributed by atoms with Gasteiger partial charge in [-0.1, -0.05) is 6.92 Å². The topological polar surface area (TPSA) is 47.7 Å². The molecule has 0 spiro atoms. The second-order valence-corrected chi connectivity index (χ2v) is 4.84. The first kappa shape index (κ1) is 14.7. The van der Waals surface area contributed by atoms with Crippen molar-refractivity contribution in [1.82, 2.24) is 24.9 Å². The van der Waals surface area contributed by atoms with Gasteiger partial charge in [-0.3, -0.25) is 9.36 Å². The molecule has 5 nitrogen and oxygen atoms in total. The molecule has 0 bridgehead atoms. The van der Waals surface area contributed by atoms with Crippen LogP contribution in [0.2, 0.25) is 0 Å². The molecule has 0 aliphatic rings. The molecule has 0 saturated carbocycles. The highest BCUT2D eigenvalue weighted by molar-refractivity contribution is 5.09. The van der Waals surface area contributed by atoms with Crippen LogP contribution in [-0.4, -0.2) is 26.2 Å². The van der Waals surface area contributed by atoms with E-state index in [0.29, 0.717) is 13.1 Å². The Morgan fingerprint density at radius 1 is 1.20 bits per heavy atom. The van der Waals surface area contributed by atoms with Gasteiger partial charge in [-0.05, 0) is 25.5 Å². The summed E-state index contributed by atoms with van der Waals surface area (Å²) in [5.41, 5.74) is 3.22. The van der Waals surface area contributed by atoms with Gasteiger partial charge in [-0.15, -0.1) is 0 Å². The Hall–Kier alpha value is -1.69. The Bertz CT molecular complexity index is 531. The van der Waals surface area contributed by atoms with Gasteiger partial charge in [0.25, 0.3) is 0 Å². The van der Waals surface area contributed by atoms with E-state index in [9.17, 15) is 4.39 Å². The monoisotopic (exact) mass is 279 g/mol. The maximum absolute atomic E-state index is 12.4. The predicted octanol–water partition coefficient (Wildman–Crippen LogP) is 2.06. The minimum absolute atomic E-state index is 0.316. The minimum atomic E-state index is -0.392. The first-order chi connectivity index (χ1) is 9.74. The maximum atomic E-state index is 12.4. The van der Waals surface area contributed by atoms with Crippen LogP contribution < -0.4 is 5.32 Å². The van der Waals surface area contributed by atoms with Crippen molar-refractivity contribution in [1.29, 1.82) is 0 Å². The normalized spacial score (nSPS) is 11.2. The van der Waals surface area contributed by atoms with Gasteiger partial charge in [0.2, 0.25) is 0 Å². The summed E-state index contributed by atoms with van der Waals surface area (Å²) < 4.78 is 16.1. The van der Waals surface area contributed by atoms with Crippen LogP contribution in [0.1, 0.15) is 30.4 Å². The van der Waals surface area contributed by atoms with E-state index >= 15 is 0 Å². The van der Waals surface area contributed by atoms with Crippen molar-refractivity contribution in [2.75, 3.05) is 6.67 Å². The predicted molar refractivity (Wildman–Crippen MR) is 76.0 cm³/mol. The molecule has 6 heteroatoms. The van der Waals surface area contributed by atoms with Crippen molar-refractivity contribution in [2.45, 2.75) is 46.4 Å². The summed E-state index contributed by atoms with van der Waals surface area (Å²) in [5, 5.41) is 11.9. The second-order valence-electron chi connectivity index (χ2n) is 4.84. The molecule has 110 valence electrons. The third-order valence-electron chi connectivity index (χ3n) is 3.13. The fraction of sp³-hybridized carbons (Fsp3) is 0.571. The van der Waals surface area contributed by atoms with Crippen molar-refractivity contribution in [3.8, 4) is 0 Å². The summed E-state index contributed by atoms with van der Waals surface area (Å²) in [6, 6.07) is 4.01. The van der Waals surface area contributed by atoms with Gasteiger partial charge in [0.1, 0.15) is 6.67 Å². The smallest absolute Gasteiger partial charge is 0.109 e. The summed E-state index contributed by atoms with van der Waals surface area (Å²) in [6.07, 6.45) is 2.77. The number of hydrogen-bond donors (Lipinski definition) is 1. The summed E-state index contributed by atoms with van der Waals surface area (Å²) in [6.45, 7) is 6.44. The van der Waals surface area contributed by atoms with E-state index in [-0.39, 0.29) is 0 Å². The van der Waals surface area contributed by atoms with Gasteiger partial charge in [-0.2, -0.15) is 10.2 Å². The zero-order valence-electron chi connectivity index (χ0n) is 12.1. The third kappa shape index (κ3) is 3.66. The van der Waals surface area contributed by atoms with Crippen LogP contribution >= 0.6 is 0 Å². The van der Waals surface area contributed by atoms with Gasteiger partial charge < -0.3 is 5.32 Å². The lowest BCUT2D eigenvalue weighted by molar-refractivity contribution is 0.416. The van der Waals surface area contributed by atoms with Crippen LogP contribution in [0.15, 0.2) is 18.3 Å². The van der Waals surface area contributed by atoms with Crippen LogP contribution in [-0.2, 0) is 26.2 Å². The van der Waals surface area contributed by atoms with E-state index < -0.39 is 6.67 Å². The molecule has 0 aliphatic carbocycles. The Balaban J connectivity index is 1.90. The molecule has 0 saturated heterocycles. The third-order valence-corrected chi connectivity index (χ3v) is 3.13. The van der Waals surface area contributed by atoms with Crippen molar-refractivity contribution >= 4 is 0 Å². The lowest BCUT2D eigenvalue weighted by atomic mass is 10.3. The van der Waals surface area contributed by atoms with Gasteiger partial charge in [0.05, 0.1) is 23.6 Å². The number of nitrogens with zero attached hydrogens (tertiary/aromatic N) is 4. The van der Waals surface area contributed by atoms with Crippen molar-refractivity contribution in [3.63, 3.8) is 0 Å². The van der Waals surface area contributed by atoms with Gasteiger partial charge >= 0.3 is 0 Å². The van der Waals surface area contributed by atoms with Crippen LogP contribution in [0.5, 0.6) is 0 Å². The molecule has 2 aromatic heterocycles. The number of aryl methyl sites for hydroxylation is 3. The highest BCUT2D eigenvalue weighted by Crippen LogP contribution is 2.06. The van der Waals surface area contributed by atoms with E-state index in [1.165, 1.54) is 5.69 Å². The Kier molecular flexibility index (Phi) is 5.29. The summed E-state index contributed by atoms with van der Waals surface area (Å²) >= 11 is 0. The van der Waals surface area contributed by atoms with Crippen molar-refractivity contribution < 1.29 is 4.39 Å². The molecule has 0 aliphatic heterocycles. The average molecular weight is 279 g/mol. The first-order valence-corrected chi connectivity index (χ1v) is 7.05. The lowest BCUT2D eigenvalue weighted by Crippen LogP contribution is -2.19. The summed E-state index contributed by atoms with van der Waals surface area (Å²) in [5.74, 6) is 0. The first-order valence-electron chi connectivity index (χ1n) is 7.05. The van der Waals surface area contributed by atoms with Crippen molar-refractivity contribution in [3.05, 3.63) is 35.4 Å². The van der Waals surface area contributed by atoms with Gasteiger partial charge in [-0.25, -0.2) is 4.39 Å². The van der Waals surface area contributed by atoms with E-state index in [4.69, 9.17) is 0 Å². The molecule has 20 heavy (non-hydrogen) atoms. The Morgan fingerprint density at radius 3 is 2.75 bits per heavy atom. The van der Waals surface area contributed by atoms with Crippen molar-refractivity contribution in [2.24, 2.45) is 0 Å². The molecule has 0 aromatic carbocycles. The number of aromatic nitrogens is 4. The lowest BCUT2D eigenvalue weighted by Gasteiger charge is -2.09. The van der Waals surface area contributed by atoms with E-state index in [1.54, 1.807) is 10.9 Å². The molecule has 0 radical (unpaired) electrons. The maximum Gasteiger partial charge on any atom is 0.109 e. The van der Waals surface area contributed by atoms with Gasteiger partial charge in [0, 0.05) is 25.8 Å². The number of hydrogen-bond acceptors (Lipinski definition) is 3. The molecule has 2 rings (SSSR count). The van der Waals surface area contributed by atoms with Crippen LogP contribution in [0.25, 0.3) is 0 Å². The van der Waals surface area contributed by atoms with E-state index in [2.05, 4.69) is 28.5 Å². The summed E-state index contributed by atoms with van der Waals surface area (Å²) in [7, 11) is 0. The molecule has 0 atom stereocenters. The molecule has 0 amide bonds. The van der Waals surface area contributed by atoms with Crippen LogP contribution in [0.4, 0.5) is 4.39 Å². The number of alkyl halides is 1. The second kappa shape index (κ2) is 7.19. The number of nitrogens with one attached hydrogen (secondary N) is 1. The zero-order chi connectivity index (χ0) is 14.4. The van der Waals surface area contributed by atoms with E-state index in [1.807, 2.05) is 17.7 Å². The van der Waals surface area contributed by atoms with Gasteiger partial charge in [0.15, 0.2) is 0 Å². The summed E-state index contributed by atoms with van der Waals surface area (Å²) in [4.78, 5) is 0. The Morgan fingerprint density at radius 2 is 2.00 bits per heavy atom. The molecular weight excluding hydrogens is 257 g/mol. The molecule has 2 heterocycles. The largest absolute Gasteiger partial charge is 0.306 e. The molecule has 0 unspecified atom stereocenters. The SMILES string of the molecule is CCCn1nc(C)cc1CNCc1ccnn1CCF. The number of halogens is 1. The Labute approximate surface area is 118 Å². The highest BCUT2D eigenvalue weighted by atomic mass is 19.1. The average Bonchev–Trinajstić information content (AvgIpc) is 2.99. The highest BCUT2D eigenvalue weighted by Gasteiger charge is 2.06. The van der Waals surface area contributed by atoms with Crippen LogP contribution in [0, 0.1) is 6.92 Å². The van der Waals surface area contributed by atoms with Crippen LogP contribution in [0.3, 0.4) is 0 Å². The number of rotatable bonds is 8. The molecule has 0 fully saturated rings. The standard InChI is InChI=1S/C14H22FN5/c1-3-7-20-14(9-12(2)18-20)11-16-10-13-4-6-17-19(13)8-5-15/h4,6,9,16H,3,5,7-8,10-11H2,1-2H3. The minimum Gasteiger partial charge on any atom is -0.306 e.